The van der Waals surface area contributed by atoms with Gasteiger partial charge in [-0.25, -0.2) is 0 Å². The Labute approximate surface area is 258 Å². The molecule has 2 fully saturated rings. The quantitative estimate of drug-likeness (QED) is 0.174. The lowest BCUT2D eigenvalue weighted by Crippen LogP contribution is -2.42. The number of nitrogens with zero attached hydrogens (tertiary/aromatic N) is 2. The molecule has 2 saturated heterocycles. The number of hydrogen-bond acceptors (Lipinski definition) is 8. The van der Waals surface area contributed by atoms with Crippen LogP contribution in [0.1, 0.15) is 41.6 Å². The summed E-state index contributed by atoms with van der Waals surface area (Å²) in [7, 11) is 1.55. The van der Waals surface area contributed by atoms with Crippen LogP contribution in [0.25, 0.3) is 5.76 Å². The highest BCUT2D eigenvalue weighted by Crippen LogP contribution is 2.42. The molecule has 0 aliphatic carbocycles. The third-order valence-electron chi connectivity index (χ3n) is 7.97. The SMILES string of the molecule is CCCOc1ccc(C(O)=C2C(=O)C(=O)N(CCN3CCOCC3)C2c2ccc(OCc3ccccc3)c(OC)c2)c(C)c1. The Balaban J connectivity index is 1.52. The van der Waals surface area contributed by atoms with Crippen molar-refractivity contribution in [3.8, 4) is 17.2 Å². The Morgan fingerprint density at radius 2 is 1.73 bits per heavy atom. The lowest BCUT2D eigenvalue weighted by atomic mass is 9.93. The maximum atomic E-state index is 13.6. The van der Waals surface area contributed by atoms with Crippen LogP contribution in [0.4, 0.5) is 0 Å². The number of aliphatic hydroxyl groups is 1. The number of aryl methyl sites for hydroxylation is 1. The molecule has 2 aliphatic heterocycles. The number of likely N-dealkylation sites (tertiary alicyclic amines) is 1. The van der Waals surface area contributed by atoms with Gasteiger partial charge >= 0.3 is 0 Å². The van der Waals surface area contributed by atoms with E-state index >= 15 is 0 Å². The summed E-state index contributed by atoms with van der Waals surface area (Å²) in [6, 6.07) is 19.7. The molecule has 0 bridgehead atoms. The van der Waals surface area contributed by atoms with Gasteiger partial charge in [0.1, 0.15) is 18.1 Å². The van der Waals surface area contributed by atoms with Crippen LogP contribution in [0.15, 0.2) is 72.3 Å². The molecule has 2 heterocycles. The number of carbonyl (C=O) groups is 2. The molecule has 3 aromatic rings. The highest BCUT2D eigenvalue weighted by molar-refractivity contribution is 6.46. The monoisotopic (exact) mass is 600 g/mol. The smallest absolute Gasteiger partial charge is 0.295 e. The summed E-state index contributed by atoms with van der Waals surface area (Å²) in [6.07, 6.45) is 0.869. The number of hydrogen-bond donors (Lipinski definition) is 1. The average Bonchev–Trinajstić information content (AvgIpc) is 3.31. The summed E-state index contributed by atoms with van der Waals surface area (Å²) in [5.74, 6) is 0.0938. The molecular weight excluding hydrogens is 560 g/mol. The van der Waals surface area contributed by atoms with Gasteiger partial charge in [-0.2, -0.15) is 0 Å². The average molecular weight is 601 g/mol. The molecular formula is C35H40N2O7. The van der Waals surface area contributed by atoms with Crippen LogP contribution in [-0.2, 0) is 20.9 Å². The number of aliphatic hydroxyl groups excluding tert-OH is 1. The van der Waals surface area contributed by atoms with Gasteiger partial charge < -0.3 is 29.0 Å². The first-order chi connectivity index (χ1) is 21.4. The molecule has 44 heavy (non-hydrogen) atoms. The van der Waals surface area contributed by atoms with Gasteiger partial charge in [0.2, 0.25) is 0 Å². The zero-order chi connectivity index (χ0) is 31.1. The molecule has 1 atom stereocenters. The molecule has 1 N–H and O–H groups in total. The van der Waals surface area contributed by atoms with Crippen LogP contribution >= 0.6 is 0 Å². The summed E-state index contributed by atoms with van der Waals surface area (Å²) in [5, 5.41) is 11.7. The second-order valence-corrected chi connectivity index (χ2v) is 11.0. The largest absolute Gasteiger partial charge is 0.507 e. The first-order valence-corrected chi connectivity index (χ1v) is 15.1. The van der Waals surface area contributed by atoms with E-state index < -0.39 is 17.7 Å². The third kappa shape index (κ3) is 6.90. The van der Waals surface area contributed by atoms with E-state index in [9.17, 15) is 14.7 Å². The van der Waals surface area contributed by atoms with E-state index in [4.69, 9.17) is 18.9 Å². The second-order valence-electron chi connectivity index (χ2n) is 11.0. The molecule has 0 radical (unpaired) electrons. The molecule has 2 aliphatic rings. The minimum Gasteiger partial charge on any atom is -0.507 e. The zero-order valence-electron chi connectivity index (χ0n) is 25.6. The Bertz CT molecular complexity index is 1500. The normalized spacial score (nSPS) is 18.4. The van der Waals surface area contributed by atoms with Gasteiger partial charge in [0.15, 0.2) is 11.5 Å². The fourth-order valence-corrected chi connectivity index (χ4v) is 5.60. The number of amides is 1. The lowest BCUT2D eigenvalue weighted by Gasteiger charge is -2.31. The van der Waals surface area contributed by atoms with Gasteiger partial charge in [-0.05, 0) is 60.4 Å². The molecule has 1 amide bonds. The van der Waals surface area contributed by atoms with Gasteiger partial charge in [-0.15, -0.1) is 0 Å². The fourth-order valence-electron chi connectivity index (χ4n) is 5.60. The summed E-state index contributed by atoms with van der Waals surface area (Å²) < 4.78 is 23.0. The van der Waals surface area contributed by atoms with Crippen molar-refractivity contribution in [1.82, 2.24) is 9.80 Å². The molecule has 5 rings (SSSR count). The number of rotatable bonds is 12. The molecule has 232 valence electrons. The van der Waals surface area contributed by atoms with Crippen LogP contribution in [0.3, 0.4) is 0 Å². The van der Waals surface area contributed by atoms with E-state index in [1.54, 1.807) is 36.3 Å². The van der Waals surface area contributed by atoms with E-state index in [-0.39, 0.29) is 11.3 Å². The van der Waals surface area contributed by atoms with Crippen molar-refractivity contribution in [3.05, 3.63) is 94.6 Å². The molecule has 9 heteroatoms. The highest BCUT2D eigenvalue weighted by atomic mass is 16.5. The fraction of sp³-hybridized carbons (Fsp3) is 0.371. The minimum atomic E-state index is -0.816. The van der Waals surface area contributed by atoms with Crippen molar-refractivity contribution in [2.75, 3.05) is 53.1 Å². The van der Waals surface area contributed by atoms with E-state index in [2.05, 4.69) is 4.90 Å². The van der Waals surface area contributed by atoms with Crippen LogP contribution in [-0.4, -0.2) is 79.7 Å². The Morgan fingerprint density at radius 1 is 0.955 bits per heavy atom. The number of ether oxygens (including phenoxy) is 4. The van der Waals surface area contributed by atoms with Gasteiger partial charge in [0, 0.05) is 31.7 Å². The number of morpholine rings is 1. The second kappa shape index (κ2) is 14.4. The maximum absolute atomic E-state index is 13.6. The summed E-state index contributed by atoms with van der Waals surface area (Å²) in [6.45, 7) is 8.44. The molecule has 0 aromatic heterocycles. The van der Waals surface area contributed by atoms with Gasteiger partial charge in [-0.3, -0.25) is 14.5 Å². The first-order valence-electron chi connectivity index (χ1n) is 15.1. The molecule has 1 unspecified atom stereocenters. The summed E-state index contributed by atoms with van der Waals surface area (Å²) >= 11 is 0. The van der Waals surface area contributed by atoms with Crippen molar-refractivity contribution < 1.29 is 33.6 Å². The molecule has 9 nitrogen and oxygen atoms in total. The third-order valence-corrected chi connectivity index (χ3v) is 7.97. The lowest BCUT2D eigenvalue weighted by molar-refractivity contribution is -0.140. The molecule has 0 saturated carbocycles. The summed E-state index contributed by atoms with van der Waals surface area (Å²) in [4.78, 5) is 31.0. The van der Waals surface area contributed by atoms with E-state index in [1.165, 1.54) is 0 Å². The van der Waals surface area contributed by atoms with Crippen molar-refractivity contribution in [3.63, 3.8) is 0 Å². The van der Waals surface area contributed by atoms with Gasteiger partial charge in [-0.1, -0.05) is 43.3 Å². The predicted molar refractivity (Wildman–Crippen MR) is 167 cm³/mol. The number of Topliss-reactive ketones (excluding diaryl/α,β-unsaturated/α-hetero) is 1. The zero-order valence-corrected chi connectivity index (χ0v) is 25.6. The predicted octanol–water partition coefficient (Wildman–Crippen LogP) is 5.13. The summed E-state index contributed by atoms with van der Waals surface area (Å²) in [5.41, 5.74) is 2.90. The number of benzene rings is 3. The Kier molecular flexibility index (Phi) is 10.2. The van der Waals surface area contributed by atoms with Crippen molar-refractivity contribution in [2.24, 2.45) is 0 Å². The Morgan fingerprint density at radius 3 is 2.43 bits per heavy atom. The Hall–Kier alpha value is -4.34. The first kappa shape index (κ1) is 31.1. The van der Waals surface area contributed by atoms with E-state index in [0.29, 0.717) is 67.9 Å². The van der Waals surface area contributed by atoms with Crippen molar-refractivity contribution in [1.29, 1.82) is 0 Å². The van der Waals surface area contributed by atoms with E-state index in [1.807, 2.05) is 56.3 Å². The van der Waals surface area contributed by atoms with Crippen LogP contribution in [0.5, 0.6) is 17.2 Å². The van der Waals surface area contributed by atoms with Crippen LogP contribution in [0, 0.1) is 6.92 Å². The van der Waals surface area contributed by atoms with E-state index in [0.717, 1.165) is 30.6 Å². The van der Waals surface area contributed by atoms with Crippen LogP contribution in [0.2, 0.25) is 0 Å². The van der Waals surface area contributed by atoms with Crippen molar-refractivity contribution >= 4 is 17.4 Å². The topological polar surface area (TPSA) is 97.8 Å². The van der Waals surface area contributed by atoms with Crippen LogP contribution < -0.4 is 14.2 Å². The molecule has 3 aromatic carbocycles. The highest BCUT2D eigenvalue weighted by Gasteiger charge is 2.46. The van der Waals surface area contributed by atoms with Gasteiger partial charge in [0.25, 0.3) is 11.7 Å². The number of methoxy groups -OCH3 is 1. The number of carbonyl (C=O) groups excluding carboxylic acids is 2. The van der Waals surface area contributed by atoms with Crippen molar-refractivity contribution in [2.45, 2.75) is 32.9 Å². The minimum absolute atomic E-state index is 0.0438. The standard InChI is InChI=1S/C35H40N2O7/c1-4-18-43-27-11-12-28(24(2)21-27)33(38)31-32(37(35(40)34(31)39)15-14-36-16-19-42-20-17-36)26-10-13-29(30(22-26)41-3)44-23-25-8-6-5-7-9-25/h5-13,21-22,32,38H,4,14-20,23H2,1-3H3. The molecule has 0 spiro atoms. The maximum Gasteiger partial charge on any atom is 0.295 e. The van der Waals surface area contributed by atoms with Gasteiger partial charge in [0.05, 0.1) is 38.5 Å². The number of ketones is 1.